The molecule has 2 aromatic rings. The molecule has 18 heavy (non-hydrogen) atoms. The maximum absolute atomic E-state index is 11.9. The van der Waals surface area contributed by atoms with Crippen molar-refractivity contribution in [1.29, 1.82) is 0 Å². The van der Waals surface area contributed by atoms with Gasteiger partial charge in [0.1, 0.15) is 5.82 Å². The van der Waals surface area contributed by atoms with Crippen molar-refractivity contribution in [3.63, 3.8) is 0 Å². The minimum atomic E-state index is -0.120. The number of carbonyl (C=O) groups excluding carboxylic acids is 1. The Kier molecular flexibility index (Phi) is 3.76. The van der Waals surface area contributed by atoms with Gasteiger partial charge in [-0.25, -0.2) is 4.98 Å². The van der Waals surface area contributed by atoms with Gasteiger partial charge in [0.25, 0.3) is 0 Å². The van der Waals surface area contributed by atoms with Gasteiger partial charge in [-0.1, -0.05) is 6.92 Å². The molecule has 1 amide bonds. The standard InChI is InChI=1S/C12H17N5O/c1-10(9-17-6-3-4-15-17)12(18)14-8-11-13-5-7-16(11)2/h3-7,10H,8-9H2,1-2H3,(H,14,18)/t10-/m0/s1. The molecule has 1 N–H and O–H groups in total. The normalized spacial score (nSPS) is 12.3. The Morgan fingerprint density at radius 3 is 2.89 bits per heavy atom. The van der Waals surface area contributed by atoms with E-state index in [0.717, 1.165) is 5.82 Å². The van der Waals surface area contributed by atoms with Crippen LogP contribution >= 0.6 is 0 Å². The quantitative estimate of drug-likeness (QED) is 0.840. The third-order valence-corrected chi connectivity index (χ3v) is 2.81. The fourth-order valence-electron chi connectivity index (χ4n) is 1.68. The highest BCUT2D eigenvalue weighted by atomic mass is 16.1. The second kappa shape index (κ2) is 5.48. The van der Waals surface area contributed by atoms with E-state index >= 15 is 0 Å². The number of aryl methyl sites for hydroxylation is 1. The Balaban J connectivity index is 1.82. The van der Waals surface area contributed by atoms with Gasteiger partial charge in [0.15, 0.2) is 0 Å². The lowest BCUT2D eigenvalue weighted by Crippen LogP contribution is -2.32. The van der Waals surface area contributed by atoms with Crippen molar-refractivity contribution in [3.05, 3.63) is 36.7 Å². The van der Waals surface area contributed by atoms with Crippen molar-refractivity contribution in [2.45, 2.75) is 20.0 Å². The first-order valence-corrected chi connectivity index (χ1v) is 5.88. The summed E-state index contributed by atoms with van der Waals surface area (Å²) in [6.45, 7) is 2.92. The number of nitrogens with one attached hydrogen (secondary N) is 1. The molecule has 0 aliphatic heterocycles. The summed E-state index contributed by atoms with van der Waals surface area (Å²) < 4.78 is 3.64. The van der Waals surface area contributed by atoms with Gasteiger partial charge < -0.3 is 9.88 Å². The van der Waals surface area contributed by atoms with E-state index in [1.807, 2.05) is 37.0 Å². The van der Waals surface area contributed by atoms with Crippen LogP contribution < -0.4 is 5.32 Å². The van der Waals surface area contributed by atoms with E-state index in [1.54, 1.807) is 17.1 Å². The van der Waals surface area contributed by atoms with Crippen LogP contribution in [0.2, 0.25) is 0 Å². The lowest BCUT2D eigenvalue weighted by Gasteiger charge is -2.12. The summed E-state index contributed by atoms with van der Waals surface area (Å²) in [7, 11) is 1.90. The molecule has 0 saturated heterocycles. The van der Waals surface area contributed by atoms with Crippen LogP contribution in [0.3, 0.4) is 0 Å². The lowest BCUT2D eigenvalue weighted by atomic mass is 10.1. The zero-order valence-corrected chi connectivity index (χ0v) is 10.6. The molecule has 2 heterocycles. The maximum atomic E-state index is 11.9. The highest BCUT2D eigenvalue weighted by Crippen LogP contribution is 2.01. The van der Waals surface area contributed by atoms with Crippen molar-refractivity contribution in [3.8, 4) is 0 Å². The minimum Gasteiger partial charge on any atom is -0.349 e. The zero-order chi connectivity index (χ0) is 13.0. The van der Waals surface area contributed by atoms with Crippen LogP contribution in [-0.2, 0) is 24.9 Å². The molecule has 1 atom stereocenters. The summed E-state index contributed by atoms with van der Waals surface area (Å²) >= 11 is 0. The average molecular weight is 247 g/mol. The van der Waals surface area contributed by atoms with Crippen LogP contribution in [-0.4, -0.2) is 25.2 Å². The summed E-state index contributed by atoms with van der Waals surface area (Å²) in [4.78, 5) is 16.0. The largest absolute Gasteiger partial charge is 0.349 e. The van der Waals surface area contributed by atoms with E-state index in [-0.39, 0.29) is 11.8 Å². The molecule has 0 aromatic carbocycles. The highest BCUT2D eigenvalue weighted by Gasteiger charge is 2.13. The summed E-state index contributed by atoms with van der Waals surface area (Å²) in [5.74, 6) is 0.730. The Bertz CT molecular complexity index is 502. The number of imidazole rings is 1. The van der Waals surface area contributed by atoms with Crippen LogP contribution in [0.5, 0.6) is 0 Å². The summed E-state index contributed by atoms with van der Waals surface area (Å²) in [5.41, 5.74) is 0. The van der Waals surface area contributed by atoms with Crippen LogP contribution in [0.25, 0.3) is 0 Å². The first-order valence-electron chi connectivity index (χ1n) is 5.88. The third kappa shape index (κ3) is 2.97. The zero-order valence-electron chi connectivity index (χ0n) is 10.6. The first kappa shape index (κ1) is 12.3. The van der Waals surface area contributed by atoms with Gasteiger partial charge in [0.2, 0.25) is 5.91 Å². The SMILES string of the molecule is C[C@@H](Cn1cccn1)C(=O)NCc1nccn1C. The van der Waals surface area contributed by atoms with E-state index < -0.39 is 0 Å². The van der Waals surface area contributed by atoms with Gasteiger partial charge in [0.05, 0.1) is 19.0 Å². The van der Waals surface area contributed by atoms with Crippen LogP contribution in [0.1, 0.15) is 12.7 Å². The average Bonchev–Trinajstić information content (AvgIpc) is 2.98. The molecule has 2 aromatic heterocycles. The molecule has 0 radical (unpaired) electrons. The molecule has 0 aliphatic carbocycles. The van der Waals surface area contributed by atoms with Gasteiger partial charge in [0, 0.05) is 31.8 Å². The predicted molar refractivity (Wildman–Crippen MR) is 66.4 cm³/mol. The molecule has 0 spiro atoms. The summed E-state index contributed by atoms with van der Waals surface area (Å²) in [6.07, 6.45) is 7.13. The highest BCUT2D eigenvalue weighted by molar-refractivity contribution is 5.78. The first-order chi connectivity index (χ1) is 8.66. The van der Waals surface area contributed by atoms with Crippen molar-refractivity contribution < 1.29 is 4.79 Å². The van der Waals surface area contributed by atoms with Crippen molar-refractivity contribution in [2.24, 2.45) is 13.0 Å². The molecule has 0 bridgehead atoms. The molecule has 6 heteroatoms. The number of hydrogen-bond donors (Lipinski definition) is 1. The Labute approximate surface area is 106 Å². The van der Waals surface area contributed by atoms with Crippen LogP contribution in [0, 0.1) is 5.92 Å². The molecule has 2 rings (SSSR count). The molecule has 0 aliphatic rings. The molecule has 6 nitrogen and oxygen atoms in total. The van der Waals surface area contributed by atoms with Gasteiger partial charge >= 0.3 is 0 Å². The second-order valence-corrected chi connectivity index (χ2v) is 4.30. The van der Waals surface area contributed by atoms with E-state index in [9.17, 15) is 4.79 Å². The number of carbonyl (C=O) groups is 1. The molecule has 0 unspecified atom stereocenters. The van der Waals surface area contributed by atoms with Gasteiger partial charge in [-0.2, -0.15) is 5.10 Å². The predicted octanol–water partition coefficient (Wildman–Crippen LogP) is 0.569. The van der Waals surface area contributed by atoms with Crippen LogP contribution in [0.15, 0.2) is 30.9 Å². The van der Waals surface area contributed by atoms with Crippen molar-refractivity contribution in [1.82, 2.24) is 24.6 Å². The van der Waals surface area contributed by atoms with Crippen molar-refractivity contribution >= 4 is 5.91 Å². The summed E-state index contributed by atoms with van der Waals surface area (Å²) in [6, 6.07) is 1.85. The number of hydrogen-bond acceptors (Lipinski definition) is 3. The van der Waals surface area contributed by atoms with E-state index in [2.05, 4.69) is 15.4 Å². The molecule has 0 saturated carbocycles. The minimum absolute atomic E-state index is 0.00787. The smallest absolute Gasteiger partial charge is 0.225 e. The van der Waals surface area contributed by atoms with Gasteiger partial charge in [-0.15, -0.1) is 0 Å². The molecular formula is C12H17N5O. The number of nitrogens with zero attached hydrogens (tertiary/aromatic N) is 4. The fraction of sp³-hybridized carbons (Fsp3) is 0.417. The Morgan fingerprint density at radius 1 is 1.44 bits per heavy atom. The second-order valence-electron chi connectivity index (χ2n) is 4.30. The number of amides is 1. The molecule has 0 fully saturated rings. The monoisotopic (exact) mass is 247 g/mol. The molecular weight excluding hydrogens is 230 g/mol. The topological polar surface area (TPSA) is 64.7 Å². The Hall–Kier alpha value is -2.11. The van der Waals surface area contributed by atoms with Crippen LogP contribution in [0.4, 0.5) is 0 Å². The van der Waals surface area contributed by atoms with E-state index in [1.165, 1.54) is 0 Å². The van der Waals surface area contributed by atoms with E-state index in [0.29, 0.717) is 13.1 Å². The van der Waals surface area contributed by atoms with Gasteiger partial charge in [-0.3, -0.25) is 9.48 Å². The fourth-order valence-corrected chi connectivity index (χ4v) is 1.68. The maximum Gasteiger partial charge on any atom is 0.225 e. The summed E-state index contributed by atoms with van der Waals surface area (Å²) in [5, 5.41) is 6.96. The number of aromatic nitrogens is 4. The molecule has 96 valence electrons. The van der Waals surface area contributed by atoms with Crippen molar-refractivity contribution in [2.75, 3.05) is 0 Å². The third-order valence-electron chi connectivity index (χ3n) is 2.81. The van der Waals surface area contributed by atoms with Gasteiger partial charge in [-0.05, 0) is 6.07 Å². The Morgan fingerprint density at radius 2 is 2.28 bits per heavy atom. The number of rotatable bonds is 5. The van der Waals surface area contributed by atoms with E-state index in [4.69, 9.17) is 0 Å². The lowest BCUT2D eigenvalue weighted by molar-refractivity contribution is -0.125.